The minimum absolute atomic E-state index is 0.0853. The Morgan fingerprint density at radius 2 is 1.45 bits per heavy atom. The van der Waals surface area contributed by atoms with E-state index in [9.17, 15) is 27.9 Å². The molecular formula is C24H16F3NO3. The van der Waals surface area contributed by atoms with E-state index in [-0.39, 0.29) is 17.0 Å². The van der Waals surface area contributed by atoms with Gasteiger partial charge in [-0.15, -0.1) is 0 Å². The maximum Gasteiger partial charge on any atom is 0.416 e. The number of amides is 1. The molecule has 7 heteroatoms. The Labute approximate surface area is 175 Å². The molecule has 4 nitrogen and oxygen atoms in total. The van der Waals surface area contributed by atoms with Gasteiger partial charge >= 0.3 is 6.18 Å². The maximum atomic E-state index is 13.3. The summed E-state index contributed by atoms with van der Waals surface area (Å²) < 4.78 is 39.8. The molecule has 1 atom stereocenters. The van der Waals surface area contributed by atoms with Crippen LogP contribution in [-0.4, -0.2) is 16.8 Å². The summed E-state index contributed by atoms with van der Waals surface area (Å²) in [7, 11) is 0. The Bertz CT molecular complexity index is 1170. The fraction of sp³-hybridized carbons (Fsp3) is 0.0833. The number of hydrogen-bond acceptors (Lipinski definition) is 3. The number of carbonyl (C=O) groups is 2. The summed E-state index contributed by atoms with van der Waals surface area (Å²) in [6, 6.07) is 19.8. The molecule has 0 spiro atoms. The van der Waals surface area contributed by atoms with Crippen LogP contribution in [0.25, 0.3) is 5.76 Å². The summed E-state index contributed by atoms with van der Waals surface area (Å²) in [6.07, 6.45) is -4.62. The number of Topliss-reactive ketones (excluding diaryl/α,β-unsaturated/α-hetero) is 1. The number of aliphatic hydroxyl groups is 1. The van der Waals surface area contributed by atoms with Crippen LogP contribution < -0.4 is 4.90 Å². The smallest absolute Gasteiger partial charge is 0.416 e. The fourth-order valence-corrected chi connectivity index (χ4v) is 3.63. The number of halogens is 3. The van der Waals surface area contributed by atoms with Gasteiger partial charge in [-0.25, -0.2) is 0 Å². The van der Waals surface area contributed by atoms with Crippen molar-refractivity contribution in [2.45, 2.75) is 12.2 Å². The van der Waals surface area contributed by atoms with Crippen molar-refractivity contribution < 1.29 is 27.9 Å². The predicted molar refractivity (Wildman–Crippen MR) is 109 cm³/mol. The first kappa shape index (κ1) is 20.4. The van der Waals surface area contributed by atoms with Crippen LogP contribution in [0, 0.1) is 0 Å². The summed E-state index contributed by atoms with van der Waals surface area (Å²) in [6.45, 7) is 0. The predicted octanol–water partition coefficient (Wildman–Crippen LogP) is 5.33. The summed E-state index contributed by atoms with van der Waals surface area (Å²) in [5.74, 6) is -2.36. The average Bonchev–Trinajstić information content (AvgIpc) is 3.04. The summed E-state index contributed by atoms with van der Waals surface area (Å²) in [5.41, 5.74) is -0.401. The minimum Gasteiger partial charge on any atom is -0.507 e. The zero-order valence-electron chi connectivity index (χ0n) is 16.0. The Morgan fingerprint density at radius 1 is 0.839 bits per heavy atom. The monoisotopic (exact) mass is 423 g/mol. The Kier molecular flexibility index (Phi) is 5.10. The molecule has 1 aliphatic heterocycles. The number of nitrogens with zero attached hydrogens (tertiary/aromatic N) is 1. The summed E-state index contributed by atoms with van der Waals surface area (Å²) in [5, 5.41) is 10.9. The zero-order valence-corrected chi connectivity index (χ0v) is 16.0. The first-order chi connectivity index (χ1) is 14.8. The highest BCUT2D eigenvalue weighted by molar-refractivity contribution is 6.51. The Morgan fingerprint density at radius 3 is 2.06 bits per heavy atom. The summed E-state index contributed by atoms with van der Waals surface area (Å²) in [4.78, 5) is 26.9. The van der Waals surface area contributed by atoms with Gasteiger partial charge in [-0.2, -0.15) is 13.2 Å². The normalized spacial score (nSPS) is 18.4. The second-order valence-corrected chi connectivity index (χ2v) is 6.99. The van der Waals surface area contributed by atoms with Crippen LogP contribution in [0.5, 0.6) is 0 Å². The molecule has 1 fully saturated rings. The standard InChI is InChI=1S/C24H16F3NO3/c25-24(26,27)17-12-7-13-18(14-17)28-20(15-8-3-1-4-9-15)19(22(30)23(28)31)21(29)16-10-5-2-6-11-16/h1-14,20,29H/b21-19+. The Hall–Kier alpha value is -3.87. The van der Waals surface area contributed by atoms with Gasteiger partial charge in [0.15, 0.2) is 0 Å². The molecule has 1 N–H and O–H groups in total. The van der Waals surface area contributed by atoms with E-state index in [4.69, 9.17) is 0 Å². The van der Waals surface area contributed by atoms with Gasteiger partial charge in [0.05, 0.1) is 17.2 Å². The number of benzene rings is 3. The van der Waals surface area contributed by atoms with E-state index >= 15 is 0 Å². The molecule has 0 aliphatic carbocycles. The molecule has 3 aromatic carbocycles. The van der Waals surface area contributed by atoms with Crippen LogP contribution in [0.15, 0.2) is 90.5 Å². The lowest BCUT2D eigenvalue weighted by Gasteiger charge is -2.26. The number of carbonyl (C=O) groups excluding carboxylic acids is 2. The van der Waals surface area contributed by atoms with Gasteiger partial charge in [-0.05, 0) is 23.8 Å². The first-order valence-corrected chi connectivity index (χ1v) is 9.37. The van der Waals surface area contributed by atoms with Gasteiger partial charge in [-0.1, -0.05) is 66.7 Å². The number of rotatable bonds is 3. The minimum atomic E-state index is -4.62. The molecule has 1 saturated heterocycles. The molecule has 4 rings (SSSR count). The molecule has 156 valence electrons. The molecule has 1 unspecified atom stereocenters. The van der Waals surface area contributed by atoms with Crippen LogP contribution in [0.3, 0.4) is 0 Å². The highest BCUT2D eigenvalue weighted by Gasteiger charge is 2.47. The van der Waals surface area contributed by atoms with Crippen molar-refractivity contribution in [2.24, 2.45) is 0 Å². The number of anilines is 1. The van der Waals surface area contributed by atoms with E-state index in [2.05, 4.69) is 0 Å². The van der Waals surface area contributed by atoms with E-state index < -0.39 is 29.5 Å². The number of alkyl halides is 3. The van der Waals surface area contributed by atoms with Crippen molar-refractivity contribution in [3.63, 3.8) is 0 Å². The first-order valence-electron chi connectivity index (χ1n) is 9.37. The second-order valence-electron chi connectivity index (χ2n) is 6.99. The van der Waals surface area contributed by atoms with Gasteiger partial charge in [-0.3, -0.25) is 14.5 Å². The van der Waals surface area contributed by atoms with Crippen LogP contribution >= 0.6 is 0 Å². The molecule has 1 aliphatic rings. The van der Waals surface area contributed by atoms with Crippen molar-refractivity contribution in [1.29, 1.82) is 0 Å². The molecule has 1 amide bonds. The lowest BCUT2D eigenvalue weighted by atomic mass is 9.95. The summed E-state index contributed by atoms with van der Waals surface area (Å²) >= 11 is 0. The quantitative estimate of drug-likeness (QED) is 0.352. The van der Waals surface area contributed by atoms with Crippen molar-refractivity contribution in [3.05, 3.63) is 107 Å². The molecule has 0 bridgehead atoms. The van der Waals surface area contributed by atoms with E-state index in [1.807, 2.05) is 0 Å². The van der Waals surface area contributed by atoms with Gasteiger partial charge < -0.3 is 5.11 Å². The highest BCUT2D eigenvalue weighted by Crippen LogP contribution is 2.43. The van der Waals surface area contributed by atoms with Crippen molar-refractivity contribution in [2.75, 3.05) is 4.90 Å². The molecule has 31 heavy (non-hydrogen) atoms. The zero-order chi connectivity index (χ0) is 22.2. The SMILES string of the molecule is O=C1C(=O)N(c2cccc(C(F)(F)F)c2)C(c2ccccc2)/C1=C(\O)c1ccccc1. The van der Waals surface area contributed by atoms with Gasteiger partial charge in [0, 0.05) is 11.3 Å². The molecule has 0 radical (unpaired) electrons. The lowest BCUT2D eigenvalue weighted by molar-refractivity contribution is -0.137. The van der Waals surface area contributed by atoms with Crippen molar-refractivity contribution in [3.8, 4) is 0 Å². The van der Waals surface area contributed by atoms with E-state index in [1.165, 1.54) is 12.1 Å². The van der Waals surface area contributed by atoms with Gasteiger partial charge in [0.1, 0.15) is 5.76 Å². The van der Waals surface area contributed by atoms with Crippen molar-refractivity contribution in [1.82, 2.24) is 0 Å². The lowest BCUT2D eigenvalue weighted by Crippen LogP contribution is -2.29. The Balaban J connectivity index is 1.94. The maximum absolute atomic E-state index is 13.3. The number of ketones is 1. The fourth-order valence-electron chi connectivity index (χ4n) is 3.63. The molecule has 0 aromatic heterocycles. The average molecular weight is 423 g/mol. The third-order valence-corrected chi connectivity index (χ3v) is 5.06. The van der Waals surface area contributed by atoms with Gasteiger partial charge in [0.2, 0.25) is 0 Å². The molecule has 0 saturated carbocycles. The topological polar surface area (TPSA) is 57.6 Å². The van der Waals surface area contributed by atoms with Gasteiger partial charge in [0.25, 0.3) is 11.7 Å². The molecular weight excluding hydrogens is 407 g/mol. The number of hydrogen-bond donors (Lipinski definition) is 1. The van der Waals surface area contributed by atoms with E-state index in [0.717, 1.165) is 17.0 Å². The van der Waals surface area contributed by atoms with Crippen LogP contribution in [0.1, 0.15) is 22.7 Å². The van der Waals surface area contributed by atoms with E-state index in [0.29, 0.717) is 11.1 Å². The third kappa shape index (κ3) is 3.70. The molecule has 1 heterocycles. The number of aliphatic hydroxyl groups excluding tert-OH is 1. The van der Waals surface area contributed by atoms with Crippen molar-refractivity contribution >= 4 is 23.1 Å². The second kappa shape index (κ2) is 7.75. The van der Waals surface area contributed by atoms with Crippen LogP contribution in [-0.2, 0) is 15.8 Å². The largest absolute Gasteiger partial charge is 0.507 e. The van der Waals surface area contributed by atoms with E-state index in [1.54, 1.807) is 60.7 Å². The van der Waals surface area contributed by atoms with Crippen LogP contribution in [0.4, 0.5) is 18.9 Å². The highest BCUT2D eigenvalue weighted by atomic mass is 19.4. The van der Waals surface area contributed by atoms with Crippen LogP contribution in [0.2, 0.25) is 0 Å². The third-order valence-electron chi connectivity index (χ3n) is 5.06. The molecule has 3 aromatic rings.